The summed E-state index contributed by atoms with van der Waals surface area (Å²) in [5.41, 5.74) is 3.33. The molecular weight excluding hydrogens is 258 g/mol. The van der Waals surface area contributed by atoms with Crippen molar-refractivity contribution in [2.24, 2.45) is 0 Å². The molecule has 0 radical (unpaired) electrons. The van der Waals surface area contributed by atoms with Crippen molar-refractivity contribution in [1.82, 2.24) is 15.5 Å². The van der Waals surface area contributed by atoms with Crippen LogP contribution in [-0.4, -0.2) is 21.8 Å². The number of H-pyrrole nitrogens is 1. The third-order valence-electron chi connectivity index (χ3n) is 3.05. The summed E-state index contributed by atoms with van der Waals surface area (Å²) in [6.07, 6.45) is 1.40. The second-order valence-corrected chi connectivity index (χ2v) is 6.50. The van der Waals surface area contributed by atoms with Crippen LogP contribution in [0.5, 0.6) is 0 Å². The minimum absolute atomic E-state index is 0.0550. The Kier molecular flexibility index (Phi) is 4.39. The molecule has 104 valence electrons. The largest absolute Gasteiger partial charge is 0.387 e. The fraction of sp³-hybridized carbons (Fsp3) is 0.500. The number of hydrogen-bond donors (Lipinski definition) is 3. The van der Waals surface area contributed by atoms with Crippen LogP contribution in [0.1, 0.15) is 43.7 Å². The molecule has 1 atom stereocenters. The van der Waals surface area contributed by atoms with E-state index < -0.39 is 6.10 Å². The average Bonchev–Trinajstić information content (AvgIpc) is 2.98. The highest BCUT2D eigenvalue weighted by molar-refractivity contribution is 7.07. The van der Waals surface area contributed by atoms with Crippen molar-refractivity contribution < 1.29 is 5.11 Å². The third kappa shape index (κ3) is 3.65. The van der Waals surface area contributed by atoms with Crippen molar-refractivity contribution in [3.8, 4) is 0 Å². The first kappa shape index (κ1) is 14.2. The van der Waals surface area contributed by atoms with E-state index in [1.54, 1.807) is 11.3 Å². The predicted molar refractivity (Wildman–Crippen MR) is 78.3 cm³/mol. The molecule has 0 aliphatic carbocycles. The van der Waals surface area contributed by atoms with Crippen LogP contribution in [0, 0.1) is 0 Å². The van der Waals surface area contributed by atoms with Crippen molar-refractivity contribution in [2.45, 2.75) is 38.8 Å². The van der Waals surface area contributed by atoms with Gasteiger partial charge in [-0.2, -0.15) is 16.4 Å². The lowest BCUT2D eigenvalue weighted by atomic mass is 9.89. The second kappa shape index (κ2) is 5.86. The summed E-state index contributed by atoms with van der Waals surface area (Å²) in [6, 6.07) is 1.95. The molecule has 0 spiro atoms. The van der Waals surface area contributed by atoms with E-state index in [-0.39, 0.29) is 5.41 Å². The fourth-order valence-corrected chi connectivity index (χ4v) is 2.73. The number of aliphatic hydroxyl groups excluding tert-OH is 1. The summed E-state index contributed by atoms with van der Waals surface area (Å²) in [5, 5.41) is 24.4. The Balaban J connectivity index is 1.88. The molecule has 0 saturated carbocycles. The van der Waals surface area contributed by atoms with Gasteiger partial charge in [0.25, 0.3) is 0 Å². The van der Waals surface area contributed by atoms with Gasteiger partial charge in [-0.1, -0.05) is 20.8 Å². The summed E-state index contributed by atoms with van der Waals surface area (Å²) < 4.78 is 0. The molecule has 0 bridgehead atoms. The molecule has 3 N–H and O–H groups in total. The Bertz CT molecular complexity index is 499. The Morgan fingerprint density at radius 1 is 1.47 bits per heavy atom. The van der Waals surface area contributed by atoms with Gasteiger partial charge in [-0.05, 0) is 22.4 Å². The SMILES string of the molecule is CC(C)(C)c1[nH]ncc1CNCC(O)c1ccsc1. The molecular formula is C14H21N3OS. The van der Waals surface area contributed by atoms with Crippen LogP contribution in [0.3, 0.4) is 0 Å². The molecule has 2 aromatic rings. The molecule has 4 nitrogen and oxygen atoms in total. The molecule has 0 aliphatic heterocycles. The average molecular weight is 279 g/mol. The van der Waals surface area contributed by atoms with Crippen molar-refractivity contribution >= 4 is 11.3 Å². The zero-order chi connectivity index (χ0) is 13.9. The van der Waals surface area contributed by atoms with Gasteiger partial charge < -0.3 is 10.4 Å². The van der Waals surface area contributed by atoms with Gasteiger partial charge >= 0.3 is 0 Å². The van der Waals surface area contributed by atoms with Crippen molar-refractivity contribution in [1.29, 1.82) is 0 Å². The summed E-state index contributed by atoms with van der Waals surface area (Å²) >= 11 is 1.60. The van der Waals surface area contributed by atoms with Crippen LogP contribution in [0.15, 0.2) is 23.0 Å². The van der Waals surface area contributed by atoms with E-state index in [2.05, 4.69) is 36.3 Å². The first-order valence-corrected chi connectivity index (χ1v) is 7.36. The lowest BCUT2D eigenvalue weighted by Crippen LogP contribution is -2.23. The minimum Gasteiger partial charge on any atom is -0.387 e. The maximum Gasteiger partial charge on any atom is 0.0922 e. The standard InChI is InChI=1S/C14H21N3OS/c1-14(2,3)13-11(7-16-17-13)6-15-8-12(18)10-4-5-19-9-10/h4-5,7,9,12,15,18H,6,8H2,1-3H3,(H,16,17). The number of rotatable bonds is 5. The second-order valence-electron chi connectivity index (χ2n) is 5.72. The monoisotopic (exact) mass is 279 g/mol. The van der Waals surface area contributed by atoms with Gasteiger partial charge in [-0.3, -0.25) is 5.10 Å². The van der Waals surface area contributed by atoms with Gasteiger partial charge in [0, 0.05) is 29.8 Å². The first-order valence-electron chi connectivity index (χ1n) is 6.42. The molecule has 0 amide bonds. The Hall–Kier alpha value is -1.17. The molecule has 2 heterocycles. The molecule has 0 aliphatic rings. The molecule has 2 rings (SSSR count). The number of aromatic amines is 1. The van der Waals surface area contributed by atoms with E-state index in [1.165, 1.54) is 0 Å². The van der Waals surface area contributed by atoms with Crippen molar-refractivity contribution in [3.63, 3.8) is 0 Å². The summed E-state index contributed by atoms with van der Waals surface area (Å²) in [5.74, 6) is 0. The first-order chi connectivity index (χ1) is 8.98. The zero-order valence-electron chi connectivity index (χ0n) is 11.6. The normalized spacial score (nSPS) is 13.7. The van der Waals surface area contributed by atoms with E-state index >= 15 is 0 Å². The molecule has 0 saturated heterocycles. The number of aromatic nitrogens is 2. The minimum atomic E-state index is -0.448. The molecule has 0 fully saturated rings. The van der Waals surface area contributed by atoms with Crippen molar-refractivity contribution in [3.05, 3.63) is 39.8 Å². The lowest BCUT2D eigenvalue weighted by molar-refractivity contribution is 0.175. The van der Waals surface area contributed by atoms with E-state index in [0.717, 1.165) is 16.8 Å². The van der Waals surface area contributed by atoms with Gasteiger partial charge in [0.15, 0.2) is 0 Å². The van der Waals surface area contributed by atoms with Crippen LogP contribution >= 0.6 is 11.3 Å². The summed E-state index contributed by atoms with van der Waals surface area (Å²) in [7, 11) is 0. The van der Waals surface area contributed by atoms with Crippen LogP contribution < -0.4 is 5.32 Å². The molecule has 19 heavy (non-hydrogen) atoms. The Labute approximate surface area is 117 Å². The highest BCUT2D eigenvalue weighted by atomic mass is 32.1. The zero-order valence-corrected chi connectivity index (χ0v) is 12.4. The third-order valence-corrected chi connectivity index (χ3v) is 3.75. The van der Waals surface area contributed by atoms with E-state index in [9.17, 15) is 5.11 Å². The van der Waals surface area contributed by atoms with Gasteiger partial charge in [0.05, 0.1) is 12.3 Å². The fourth-order valence-electron chi connectivity index (χ4n) is 2.02. The highest BCUT2D eigenvalue weighted by Gasteiger charge is 2.19. The van der Waals surface area contributed by atoms with Crippen LogP contribution in [0.2, 0.25) is 0 Å². The van der Waals surface area contributed by atoms with Crippen molar-refractivity contribution in [2.75, 3.05) is 6.54 Å². The van der Waals surface area contributed by atoms with E-state index in [1.807, 2.05) is 23.0 Å². The van der Waals surface area contributed by atoms with Gasteiger partial charge in [-0.25, -0.2) is 0 Å². The van der Waals surface area contributed by atoms with E-state index in [0.29, 0.717) is 13.1 Å². The number of thiophene rings is 1. The number of nitrogens with zero attached hydrogens (tertiary/aromatic N) is 1. The summed E-state index contributed by atoms with van der Waals surface area (Å²) in [4.78, 5) is 0. The topological polar surface area (TPSA) is 60.9 Å². The Morgan fingerprint density at radius 3 is 2.89 bits per heavy atom. The molecule has 5 heteroatoms. The number of nitrogens with one attached hydrogen (secondary N) is 2. The number of hydrogen-bond acceptors (Lipinski definition) is 4. The van der Waals surface area contributed by atoms with E-state index in [4.69, 9.17) is 0 Å². The predicted octanol–water partition coefficient (Wildman–Crippen LogP) is 2.59. The van der Waals surface area contributed by atoms with Gasteiger partial charge in [-0.15, -0.1) is 0 Å². The summed E-state index contributed by atoms with van der Waals surface area (Å²) in [6.45, 7) is 7.73. The van der Waals surface area contributed by atoms with Crippen LogP contribution in [0.4, 0.5) is 0 Å². The smallest absolute Gasteiger partial charge is 0.0922 e. The maximum atomic E-state index is 9.99. The van der Waals surface area contributed by atoms with Crippen LogP contribution in [0.25, 0.3) is 0 Å². The quantitative estimate of drug-likeness (QED) is 0.788. The van der Waals surface area contributed by atoms with Gasteiger partial charge in [0.1, 0.15) is 0 Å². The number of aliphatic hydroxyl groups is 1. The maximum absolute atomic E-state index is 9.99. The lowest BCUT2D eigenvalue weighted by Gasteiger charge is -2.19. The molecule has 1 unspecified atom stereocenters. The van der Waals surface area contributed by atoms with Gasteiger partial charge in [0.2, 0.25) is 0 Å². The molecule has 0 aromatic carbocycles. The highest BCUT2D eigenvalue weighted by Crippen LogP contribution is 2.23. The molecule has 2 aromatic heterocycles. The Morgan fingerprint density at radius 2 is 2.26 bits per heavy atom. The van der Waals surface area contributed by atoms with Crippen LogP contribution in [-0.2, 0) is 12.0 Å².